The molecule has 1 fully saturated rings. The Hall–Kier alpha value is -2.70. The van der Waals surface area contributed by atoms with E-state index in [1.54, 1.807) is 17.1 Å². The van der Waals surface area contributed by atoms with Gasteiger partial charge >= 0.3 is 0 Å². The number of nitrogens with one attached hydrogen (secondary N) is 2. The molecule has 0 bridgehead atoms. The molecule has 7 nitrogen and oxygen atoms in total. The molecule has 1 saturated carbocycles. The quantitative estimate of drug-likeness (QED) is 0.814. The summed E-state index contributed by atoms with van der Waals surface area (Å²) in [5.74, 6) is 0.0875. The summed E-state index contributed by atoms with van der Waals surface area (Å²) in [7, 11) is 1.86. The van der Waals surface area contributed by atoms with Crippen molar-refractivity contribution in [3.05, 3.63) is 48.0 Å². The van der Waals surface area contributed by atoms with Gasteiger partial charge in [-0.05, 0) is 44.7 Å². The van der Waals surface area contributed by atoms with Gasteiger partial charge in [-0.15, -0.1) is 0 Å². The zero-order valence-electron chi connectivity index (χ0n) is 15.9. The van der Waals surface area contributed by atoms with Crippen LogP contribution < -0.4 is 10.6 Å². The SMILES string of the molecule is CC(NC(=O)C1CCC(NC(=O)Cc2ccccn2)CC1)c1cnn(C)c1. The lowest BCUT2D eigenvalue weighted by molar-refractivity contribution is -0.126. The predicted octanol–water partition coefficient (Wildman–Crippen LogP) is 1.91. The van der Waals surface area contributed by atoms with Gasteiger partial charge in [0.15, 0.2) is 0 Å². The van der Waals surface area contributed by atoms with Gasteiger partial charge in [0.05, 0.1) is 18.7 Å². The molecule has 2 amide bonds. The van der Waals surface area contributed by atoms with Crippen molar-refractivity contribution in [2.45, 2.75) is 51.1 Å². The Morgan fingerprint density at radius 1 is 1.26 bits per heavy atom. The fourth-order valence-electron chi connectivity index (χ4n) is 3.52. The molecule has 7 heteroatoms. The second-order valence-corrected chi connectivity index (χ2v) is 7.29. The molecule has 0 aromatic carbocycles. The summed E-state index contributed by atoms with van der Waals surface area (Å²) in [6.07, 6.45) is 8.92. The van der Waals surface area contributed by atoms with Gasteiger partial charge in [0.1, 0.15) is 0 Å². The number of aryl methyl sites for hydroxylation is 1. The number of amides is 2. The average Bonchev–Trinajstić information content (AvgIpc) is 3.09. The lowest BCUT2D eigenvalue weighted by Gasteiger charge is -2.29. The third-order valence-corrected chi connectivity index (χ3v) is 5.11. The molecule has 0 aliphatic heterocycles. The fourth-order valence-corrected chi connectivity index (χ4v) is 3.52. The van der Waals surface area contributed by atoms with Crippen molar-refractivity contribution in [2.75, 3.05) is 0 Å². The molecule has 1 aliphatic rings. The van der Waals surface area contributed by atoms with Crippen molar-refractivity contribution in [1.29, 1.82) is 0 Å². The van der Waals surface area contributed by atoms with Crippen molar-refractivity contribution in [1.82, 2.24) is 25.4 Å². The number of carbonyl (C=O) groups excluding carboxylic acids is 2. The number of hydrogen-bond acceptors (Lipinski definition) is 4. The summed E-state index contributed by atoms with van der Waals surface area (Å²) < 4.78 is 1.73. The first kappa shape index (κ1) is 19.1. The first-order chi connectivity index (χ1) is 13.0. The van der Waals surface area contributed by atoms with Crippen LogP contribution in [0.5, 0.6) is 0 Å². The molecule has 144 valence electrons. The Morgan fingerprint density at radius 3 is 2.67 bits per heavy atom. The Morgan fingerprint density at radius 2 is 2.04 bits per heavy atom. The first-order valence-electron chi connectivity index (χ1n) is 9.49. The smallest absolute Gasteiger partial charge is 0.226 e. The summed E-state index contributed by atoms with van der Waals surface area (Å²) >= 11 is 0. The highest BCUT2D eigenvalue weighted by molar-refractivity contribution is 5.80. The van der Waals surface area contributed by atoms with E-state index in [0.29, 0.717) is 6.42 Å². The lowest BCUT2D eigenvalue weighted by atomic mass is 9.85. The second kappa shape index (κ2) is 8.79. The highest BCUT2D eigenvalue weighted by Gasteiger charge is 2.28. The molecule has 0 radical (unpaired) electrons. The van der Waals surface area contributed by atoms with E-state index in [-0.39, 0.29) is 29.8 Å². The van der Waals surface area contributed by atoms with Crippen LogP contribution in [0.2, 0.25) is 0 Å². The molecule has 0 spiro atoms. The van der Waals surface area contributed by atoms with Crippen LogP contribution in [-0.4, -0.2) is 32.6 Å². The number of nitrogens with zero attached hydrogens (tertiary/aromatic N) is 3. The molecular weight excluding hydrogens is 342 g/mol. The van der Waals surface area contributed by atoms with E-state index < -0.39 is 0 Å². The van der Waals surface area contributed by atoms with Crippen molar-refractivity contribution in [2.24, 2.45) is 13.0 Å². The van der Waals surface area contributed by atoms with Crippen LogP contribution >= 0.6 is 0 Å². The Balaban J connectivity index is 1.41. The van der Waals surface area contributed by atoms with Gasteiger partial charge in [-0.3, -0.25) is 19.3 Å². The largest absolute Gasteiger partial charge is 0.353 e. The third-order valence-electron chi connectivity index (χ3n) is 5.11. The minimum Gasteiger partial charge on any atom is -0.353 e. The molecule has 3 rings (SSSR count). The molecule has 2 aromatic heterocycles. The van der Waals surface area contributed by atoms with E-state index in [0.717, 1.165) is 36.9 Å². The van der Waals surface area contributed by atoms with Crippen molar-refractivity contribution < 1.29 is 9.59 Å². The average molecular weight is 369 g/mol. The minimum absolute atomic E-state index is 0.00747. The Bertz CT molecular complexity index is 766. The molecule has 0 saturated heterocycles. The van der Waals surface area contributed by atoms with E-state index in [1.807, 2.05) is 38.4 Å². The zero-order chi connectivity index (χ0) is 19.2. The monoisotopic (exact) mass is 369 g/mol. The van der Waals surface area contributed by atoms with Gasteiger partial charge in [0, 0.05) is 42.7 Å². The van der Waals surface area contributed by atoms with Gasteiger partial charge < -0.3 is 10.6 Å². The van der Waals surface area contributed by atoms with Gasteiger partial charge in [-0.25, -0.2) is 0 Å². The molecule has 1 atom stereocenters. The van der Waals surface area contributed by atoms with Crippen LogP contribution in [0.25, 0.3) is 0 Å². The summed E-state index contributed by atoms with van der Waals surface area (Å²) in [4.78, 5) is 28.9. The summed E-state index contributed by atoms with van der Waals surface area (Å²) in [6.45, 7) is 1.97. The molecule has 1 aliphatic carbocycles. The van der Waals surface area contributed by atoms with Crippen LogP contribution in [0.4, 0.5) is 0 Å². The second-order valence-electron chi connectivity index (χ2n) is 7.29. The van der Waals surface area contributed by atoms with Gasteiger partial charge in [0.2, 0.25) is 11.8 Å². The van der Waals surface area contributed by atoms with Crippen molar-refractivity contribution in [3.63, 3.8) is 0 Å². The van der Waals surface area contributed by atoms with Crippen LogP contribution in [0.3, 0.4) is 0 Å². The summed E-state index contributed by atoms with van der Waals surface area (Å²) in [5.41, 5.74) is 1.77. The number of aromatic nitrogens is 3. The lowest BCUT2D eigenvalue weighted by Crippen LogP contribution is -2.41. The molecule has 1 unspecified atom stereocenters. The maximum Gasteiger partial charge on any atom is 0.226 e. The molecule has 27 heavy (non-hydrogen) atoms. The standard InChI is InChI=1S/C20H27N5O2/c1-14(16-12-22-25(2)13-16)23-20(27)15-6-8-17(9-7-15)24-19(26)11-18-5-3-4-10-21-18/h3-5,10,12-15,17H,6-9,11H2,1-2H3,(H,23,27)(H,24,26). The van der Waals surface area contributed by atoms with Crippen LogP contribution in [0.15, 0.2) is 36.8 Å². The number of rotatable bonds is 6. The predicted molar refractivity (Wildman–Crippen MR) is 102 cm³/mol. The Labute approximate surface area is 159 Å². The number of hydrogen-bond donors (Lipinski definition) is 2. The van der Waals surface area contributed by atoms with Crippen LogP contribution in [-0.2, 0) is 23.1 Å². The normalized spacial score (nSPS) is 20.7. The van der Waals surface area contributed by atoms with Crippen LogP contribution in [0.1, 0.15) is 49.9 Å². The molecule has 2 heterocycles. The van der Waals surface area contributed by atoms with Crippen molar-refractivity contribution >= 4 is 11.8 Å². The minimum atomic E-state index is -0.0537. The number of pyridine rings is 1. The maximum atomic E-state index is 12.5. The zero-order valence-corrected chi connectivity index (χ0v) is 15.9. The highest BCUT2D eigenvalue weighted by atomic mass is 16.2. The van der Waals surface area contributed by atoms with E-state index in [2.05, 4.69) is 20.7 Å². The first-order valence-corrected chi connectivity index (χ1v) is 9.49. The van der Waals surface area contributed by atoms with Crippen molar-refractivity contribution in [3.8, 4) is 0 Å². The van der Waals surface area contributed by atoms with Gasteiger partial charge in [-0.2, -0.15) is 5.10 Å². The fraction of sp³-hybridized carbons (Fsp3) is 0.500. The van der Waals surface area contributed by atoms with Gasteiger partial charge in [0.25, 0.3) is 0 Å². The topological polar surface area (TPSA) is 88.9 Å². The third kappa shape index (κ3) is 5.39. The van der Waals surface area contributed by atoms with E-state index in [4.69, 9.17) is 0 Å². The Kier molecular flexibility index (Phi) is 6.21. The highest BCUT2D eigenvalue weighted by Crippen LogP contribution is 2.25. The number of carbonyl (C=O) groups is 2. The summed E-state index contributed by atoms with van der Waals surface area (Å²) in [5, 5.41) is 10.3. The molecule has 2 aromatic rings. The van der Waals surface area contributed by atoms with Gasteiger partial charge in [-0.1, -0.05) is 6.07 Å². The van der Waals surface area contributed by atoms with E-state index >= 15 is 0 Å². The molecular formula is C20H27N5O2. The van der Waals surface area contributed by atoms with E-state index in [9.17, 15) is 9.59 Å². The summed E-state index contributed by atoms with van der Waals surface area (Å²) in [6, 6.07) is 5.65. The van der Waals surface area contributed by atoms with Crippen LogP contribution in [0, 0.1) is 5.92 Å². The maximum absolute atomic E-state index is 12.5. The van der Waals surface area contributed by atoms with E-state index in [1.165, 1.54) is 0 Å². The molecule has 2 N–H and O–H groups in total.